The summed E-state index contributed by atoms with van der Waals surface area (Å²) in [5.41, 5.74) is 1.01. The minimum Gasteiger partial charge on any atom is -0.499 e. The highest BCUT2D eigenvalue weighted by molar-refractivity contribution is 6.35. The van der Waals surface area contributed by atoms with Crippen molar-refractivity contribution in [3.8, 4) is 11.5 Å². The third-order valence-electron chi connectivity index (χ3n) is 10.7. The van der Waals surface area contributed by atoms with E-state index in [1.54, 1.807) is 18.2 Å². The van der Waals surface area contributed by atoms with Crippen molar-refractivity contribution in [2.45, 2.75) is 93.9 Å². The average Bonchev–Trinajstić information content (AvgIpc) is 3.00. The molecular weight excluding hydrogens is 588 g/mol. The fourth-order valence-electron chi connectivity index (χ4n) is 7.76. The topological polar surface area (TPSA) is 78.9 Å². The summed E-state index contributed by atoms with van der Waals surface area (Å²) in [4.78, 5) is 45.6. The van der Waals surface area contributed by atoms with Crippen LogP contribution in [0.3, 0.4) is 0 Å². The van der Waals surface area contributed by atoms with Gasteiger partial charge in [-0.25, -0.2) is 0 Å². The molecule has 1 fully saturated rings. The minimum atomic E-state index is -1.44. The molecule has 6 heteroatoms. The zero-order valence-corrected chi connectivity index (χ0v) is 30.6. The molecule has 2 bridgehead atoms. The third-order valence-corrected chi connectivity index (χ3v) is 10.7. The molecule has 1 aromatic carbocycles. The van der Waals surface area contributed by atoms with Crippen LogP contribution < -0.4 is 9.47 Å². The molecule has 0 amide bonds. The average molecular weight is 645 g/mol. The minimum absolute atomic E-state index is 0.0422. The van der Waals surface area contributed by atoms with Crippen molar-refractivity contribution in [2.75, 3.05) is 21.3 Å². The first kappa shape index (κ1) is 37.8. The molecule has 3 rings (SSSR count). The van der Waals surface area contributed by atoms with Gasteiger partial charge in [0.05, 0.1) is 32.2 Å². The molecule has 256 valence electrons. The Hall–Kier alpha value is -3.67. The zero-order valence-electron chi connectivity index (χ0n) is 30.6. The Bertz CT molecular complexity index is 1530. The zero-order chi connectivity index (χ0) is 35.5. The van der Waals surface area contributed by atoms with Gasteiger partial charge in [0.2, 0.25) is 0 Å². The molecule has 2 aliphatic rings. The van der Waals surface area contributed by atoms with Gasteiger partial charge >= 0.3 is 0 Å². The van der Waals surface area contributed by atoms with Crippen molar-refractivity contribution in [1.29, 1.82) is 0 Å². The smallest absolute Gasteiger partial charge is 0.200 e. The van der Waals surface area contributed by atoms with Crippen LogP contribution in [0.25, 0.3) is 0 Å². The van der Waals surface area contributed by atoms with E-state index in [0.29, 0.717) is 30.8 Å². The number of ketones is 3. The van der Waals surface area contributed by atoms with E-state index < -0.39 is 27.8 Å². The lowest BCUT2D eigenvalue weighted by Crippen LogP contribution is -2.67. The highest BCUT2D eigenvalue weighted by Gasteiger charge is 2.72. The van der Waals surface area contributed by atoms with E-state index in [4.69, 9.17) is 14.2 Å². The van der Waals surface area contributed by atoms with Gasteiger partial charge in [-0.2, -0.15) is 0 Å². The molecule has 0 saturated heterocycles. The van der Waals surface area contributed by atoms with Gasteiger partial charge in [0.25, 0.3) is 0 Å². The first-order valence-electron chi connectivity index (χ1n) is 16.7. The first-order chi connectivity index (χ1) is 21.9. The molecule has 47 heavy (non-hydrogen) atoms. The molecule has 0 unspecified atom stereocenters. The normalized spacial score (nSPS) is 23.9. The Balaban J connectivity index is 2.49. The Labute approximate surface area is 283 Å². The fourth-order valence-corrected chi connectivity index (χ4v) is 7.76. The van der Waals surface area contributed by atoms with Gasteiger partial charge in [0.15, 0.2) is 28.8 Å². The Morgan fingerprint density at radius 2 is 1.55 bits per heavy atom. The number of fused-ring (bicyclic) bond motifs is 2. The van der Waals surface area contributed by atoms with E-state index in [9.17, 15) is 4.79 Å². The molecule has 0 N–H and O–H groups in total. The number of hydrogen-bond donors (Lipinski definition) is 0. The summed E-state index contributed by atoms with van der Waals surface area (Å²) < 4.78 is 17.1. The lowest BCUT2D eigenvalue weighted by atomic mass is 9.39. The molecule has 1 saturated carbocycles. The second-order valence-electron chi connectivity index (χ2n) is 14.8. The van der Waals surface area contributed by atoms with Crippen LogP contribution in [0.15, 0.2) is 77.1 Å². The van der Waals surface area contributed by atoms with E-state index in [0.717, 1.165) is 29.6 Å². The largest absolute Gasteiger partial charge is 0.499 e. The highest BCUT2D eigenvalue weighted by Crippen LogP contribution is 2.68. The standard InChI is InChI=1S/C41H56O6/c1-25(2)14-16-30(28(7)8)23-40-24-31(18-15-26(3)4)39(9,10)41(38(40)44,21-20-27(5)6)37(47-13)34(36(40)43)35(42)29-17-19-32(45-11)33(22-29)46-12/h15,17,19-20,22,30-31H,1,7,14,16,18,21,23-24H2,2-6,8-13H3/t30-,31+,40+,41-/m1/s1. The molecule has 0 aromatic heterocycles. The molecule has 0 spiro atoms. The van der Waals surface area contributed by atoms with Gasteiger partial charge in [-0.1, -0.05) is 54.9 Å². The molecule has 0 radical (unpaired) electrons. The summed E-state index contributed by atoms with van der Waals surface area (Å²) in [6.45, 7) is 24.7. The predicted molar refractivity (Wildman–Crippen MR) is 190 cm³/mol. The summed E-state index contributed by atoms with van der Waals surface area (Å²) in [5.74, 6) is -0.240. The molecular formula is C41H56O6. The van der Waals surface area contributed by atoms with Gasteiger partial charge < -0.3 is 14.2 Å². The van der Waals surface area contributed by atoms with Gasteiger partial charge in [0, 0.05) is 5.56 Å². The lowest BCUT2D eigenvalue weighted by Gasteiger charge is -2.61. The predicted octanol–water partition coefficient (Wildman–Crippen LogP) is 9.61. The highest BCUT2D eigenvalue weighted by atomic mass is 16.5. The van der Waals surface area contributed by atoms with E-state index in [1.165, 1.54) is 26.9 Å². The first-order valence-corrected chi connectivity index (χ1v) is 16.7. The van der Waals surface area contributed by atoms with Crippen molar-refractivity contribution in [3.05, 3.63) is 82.7 Å². The summed E-state index contributed by atoms with van der Waals surface area (Å²) in [6.07, 6.45) is 7.37. The summed E-state index contributed by atoms with van der Waals surface area (Å²) in [7, 11) is 4.51. The van der Waals surface area contributed by atoms with E-state index >= 15 is 9.59 Å². The Kier molecular flexibility index (Phi) is 11.8. The number of benzene rings is 1. The van der Waals surface area contributed by atoms with Crippen LogP contribution in [0, 0.1) is 28.1 Å². The van der Waals surface area contributed by atoms with Crippen LogP contribution in [-0.4, -0.2) is 38.7 Å². The number of carbonyl (C=O) groups excluding carboxylic acids is 3. The van der Waals surface area contributed by atoms with Gasteiger partial charge in [-0.05, 0) is 116 Å². The third kappa shape index (κ3) is 6.84. The van der Waals surface area contributed by atoms with Crippen LogP contribution >= 0.6 is 0 Å². The van der Waals surface area contributed by atoms with Crippen LogP contribution in [0.4, 0.5) is 0 Å². The van der Waals surface area contributed by atoms with Gasteiger partial charge in [0.1, 0.15) is 11.3 Å². The van der Waals surface area contributed by atoms with Crippen LogP contribution in [-0.2, 0) is 14.3 Å². The molecule has 2 aliphatic carbocycles. The molecule has 0 aliphatic heterocycles. The maximum atomic E-state index is 15.6. The van der Waals surface area contributed by atoms with E-state index in [1.807, 2.05) is 27.7 Å². The van der Waals surface area contributed by atoms with Crippen molar-refractivity contribution in [3.63, 3.8) is 0 Å². The maximum absolute atomic E-state index is 15.6. The summed E-state index contributed by atoms with van der Waals surface area (Å²) in [6, 6.07) is 4.87. The Morgan fingerprint density at radius 1 is 0.936 bits per heavy atom. The number of methoxy groups -OCH3 is 3. The quantitative estimate of drug-likeness (QED) is 0.0819. The number of ether oxygens (including phenoxy) is 3. The summed E-state index contributed by atoms with van der Waals surface area (Å²) >= 11 is 0. The van der Waals surface area contributed by atoms with E-state index in [2.05, 4.69) is 53.0 Å². The molecule has 0 heterocycles. The maximum Gasteiger partial charge on any atom is 0.200 e. The van der Waals surface area contributed by atoms with Crippen molar-refractivity contribution in [2.24, 2.45) is 28.1 Å². The Morgan fingerprint density at radius 3 is 2.06 bits per heavy atom. The second-order valence-corrected chi connectivity index (χ2v) is 14.8. The number of Topliss-reactive ketones (excluding diaryl/α,β-unsaturated/α-hetero) is 3. The fraction of sp³-hybridized carbons (Fsp3) is 0.537. The second kappa shape index (κ2) is 14.6. The van der Waals surface area contributed by atoms with Crippen molar-refractivity contribution < 1.29 is 28.6 Å². The lowest BCUT2D eigenvalue weighted by molar-refractivity contribution is -0.171. The SMILES string of the molecule is C=C(C)CC[C@H](C[C@@]12C[C@H](CC=C(C)C)C(C)(C)[C@@](CC=C(C)C)(C1=O)C(OC)=C(C(=O)c1ccc(OC)c(OC)c1)C2=O)C(=C)C. The van der Waals surface area contributed by atoms with Gasteiger partial charge in [-0.3, -0.25) is 14.4 Å². The number of hydrogen-bond acceptors (Lipinski definition) is 6. The van der Waals surface area contributed by atoms with Crippen molar-refractivity contribution >= 4 is 17.3 Å². The van der Waals surface area contributed by atoms with Crippen molar-refractivity contribution in [1.82, 2.24) is 0 Å². The molecule has 4 atom stereocenters. The summed E-state index contributed by atoms with van der Waals surface area (Å²) in [5, 5.41) is 0. The van der Waals surface area contributed by atoms with Gasteiger partial charge in [-0.15, -0.1) is 6.58 Å². The number of rotatable bonds is 15. The van der Waals surface area contributed by atoms with E-state index in [-0.39, 0.29) is 40.9 Å². The monoisotopic (exact) mass is 644 g/mol. The van der Waals surface area contributed by atoms with Crippen LogP contribution in [0.5, 0.6) is 11.5 Å². The molecule has 1 aromatic rings. The van der Waals surface area contributed by atoms with Crippen LogP contribution in [0.1, 0.15) is 104 Å². The molecule has 6 nitrogen and oxygen atoms in total. The number of allylic oxidation sites excluding steroid dienone is 8. The van der Waals surface area contributed by atoms with Crippen LogP contribution in [0.2, 0.25) is 0 Å². The number of carbonyl (C=O) groups is 3.